The fourth-order valence-corrected chi connectivity index (χ4v) is 8.41. The number of aliphatic carboxylic acids is 2. The summed E-state index contributed by atoms with van der Waals surface area (Å²) in [7, 11) is 0. The molecule has 1 fully saturated rings. The van der Waals surface area contributed by atoms with Crippen LogP contribution in [-0.2, 0) is 36.1 Å². The number of nitrogen functional groups attached to an aromatic ring is 1. The van der Waals surface area contributed by atoms with Crippen molar-refractivity contribution in [2.45, 2.75) is 102 Å². The van der Waals surface area contributed by atoms with Crippen LogP contribution in [0.4, 0.5) is 5.13 Å². The monoisotopic (exact) mass is 813 g/mol. The van der Waals surface area contributed by atoms with E-state index >= 15 is 0 Å². The zero-order valence-corrected chi connectivity index (χ0v) is 33.8. The number of unbranched alkanes of at least 4 members (excludes halogenated alkanes) is 2. The molecule has 1 aromatic carbocycles. The highest BCUT2D eigenvalue weighted by Gasteiger charge is 2.56. The molecule has 4 heterocycles. The van der Waals surface area contributed by atoms with Gasteiger partial charge < -0.3 is 40.9 Å². The lowest BCUT2D eigenvalue weighted by Gasteiger charge is -2.51. The molecule has 2 aliphatic heterocycles. The van der Waals surface area contributed by atoms with E-state index in [4.69, 9.17) is 10.6 Å². The molecule has 0 radical (unpaired) electrons. The molecule has 2 aromatic heterocycles. The predicted octanol–water partition coefficient (Wildman–Crippen LogP) is 3.61. The highest BCUT2D eigenvalue weighted by Crippen LogP contribution is 2.44. The van der Waals surface area contributed by atoms with Crippen molar-refractivity contribution in [3.8, 4) is 11.5 Å². The minimum atomic E-state index is -1.81. The summed E-state index contributed by atoms with van der Waals surface area (Å²) in [5.74, 6) is -5.03. The van der Waals surface area contributed by atoms with Crippen molar-refractivity contribution in [3.63, 3.8) is 0 Å². The average molecular weight is 814 g/mol. The summed E-state index contributed by atoms with van der Waals surface area (Å²) >= 11 is 2.29. The van der Waals surface area contributed by atoms with Gasteiger partial charge in [0.1, 0.15) is 22.8 Å². The van der Waals surface area contributed by atoms with Gasteiger partial charge in [0.15, 0.2) is 27.8 Å². The van der Waals surface area contributed by atoms with Crippen molar-refractivity contribution in [1.82, 2.24) is 24.7 Å². The van der Waals surface area contributed by atoms with Crippen molar-refractivity contribution in [1.29, 1.82) is 0 Å². The number of nitrogens with zero attached hydrogens (tertiary/aromatic N) is 5. The van der Waals surface area contributed by atoms with Crippen LogP contribution in [0.25, 0.3) is 10.9 Å². The van der Waals surface area contributed by atoms with Gasteiger partial charge in [0.25, 0.3) is 11.8 Å². The minimum absolute atomic E-state index is 0.00771. The number of thiazole rings is 1. The van der Waals surface area contributed by atoms with Crippen LogP contribution in [0.2, 0.25) is 0 Å². The Morgan fingerprint density at radius 2 is 1.75 bits per heavy atom. The Balaban J connectivity index is 1.46. The summed E-state index contributed by atoms with van der Waals surface area (Å²) in [6.07, 6.45) is 4.29. The first kappa shape index (κ1) is 42.0. The van der Waals surface area contributed by atoms with Crippen LogP contribution in [0.15, 0.2) is 44.9 Å². The number of fused-ring (bicyclic) bond motifs is 2. The normalized spacial score (nSPS) is 18.9. The molecule has 0 spiro atoms. The zero-order valence-electron chi connectivity index (χ0n) is 32.2. The molecule has 2 aliphatic rings. The van der Waals surface area contributed by atoms with E-state index in [0.29, 0.717) is 23.2 Å². The molecule has 0 unspecified atom stereocenters. The topological polar surface area (TPSA) is 250 Å². The maximum Gasteiger partial charge on any atom is 0.352 e. The number of hydrogen-bond donors (Lipinski definition) is 6. The third kappa shape index (κ3) is 8.48. The molecule has 302 valence electrons. The van der Waals surface area contributed by atoms with Crippen molar-refractivity contribution < 1.29 is 44.4 Å². The van der Waals surface area contributed by atoms with Gasteiger partial charge in [-0.1, -0.05) is 24.9 Å². The number of β-lactam (4-membered cyclic amide) rings is 1. The van der Waals surface area contributed by atoms with E-state index in [0.717, 1.165) is 35.5 Å². The number of nitrogens with one attached hydrogen (secondary N) is 1. The second-order valence-electron chi connectivity index (χ2n) is 15.2. The molecule has 19 heteroatoms. The Morgan fingerprint density at radius 3 is 2.34 bits per heavy atom. The van der Waals surface area contributed by atoms with Gasteiger partial charge >= 0.3 is 11.9 Å². The van der Waals surface area contributed by atoms with Crippen LogP contribution in [0.3, 0.4) is 0 Å². The van der Waals surface area contributed by atoms with E-state index in [1.165, 1.54) is 43.1 Å². The van der Waals surface area contributed by atoms with Crippen LogP contribution < -0.4 is 16.5 Å². The number of nitrogens with two attached hydrogens (primary N) is 1. The summed E-state index contributed by atoms with van der Waals surface area (Å²) in [4.78, 5) is 78.2. The molecular formula is C37H47N7O10S2. The number of anilines is 1. The number of rotatable bonds is 15. The Hall–Kier alpha value is -5.14. The summed E-state index contributed by atoms with van der Waals surface area (Å²) in [6, 6.07) is 1.45. The van der Waals surface area contributed by atoms with E-state index in [-0.39, 0.29) is 46.2 Å². The number of phenols is 2. The molecule has 3 atom stereocenters. The Morgan fingerprint density at radius 1 is 1.07 bits per heavy atom. The van der Waals surface area contributed by atoms with E-state index in [2.05, 4.69) is 22.4 Å². The summed E-state index contributed by atoms with van der Waals surface area (Å²) in [5.41, 5.74) is 3.76. The number of aromatic hydroxyl groups is 2. The molecule has 17 nitrogen and oxygen atoms in total. The van der Waals surface area contributed by atoms with Gasteiger partial charge in [0.05, 0.1) is 5.52 Å². The Labute approximate surface area is 330 Å². The highest BCUT2D eigenvalue weighted by molar-refractivity contribution is 8.00. The number of benzene rings is 1. The largest absolute Gasteiger partial charge is 0.504 e. The van der Waals surface area contributed by atoms with Crippen molar-refractivity contribution in [3.05, 3.63) is 56.5 Å². The van der Waals surface area contributed by atoms with E-state index in [1.54, 1.807) is 6.20 Å². The third-order valence-electron chi connectivity index (χ3n) is 9.53. The standard InChI is InChI=1S/C37H47N7O10S2/c1-8-9-10-11-42(14-19-15-43(36(3,4)5)23-13-25(46)24(45)12-20(23)29(19)47)16-21-18(2)56-32-27(31(49)44(32)28(21)33(50)51)40-30(48)26(22-17-55-35(38)39-22)41-54-37(6,7)34(52)53/h12-13,15,17-18,27,32,45-46H,8-11,14,16H2,1-7H3,(H2,38,39)(H,40,48)(H,50,51)(H,52,53)/b41-26-/t18-,27+,32+/m0/s1. The van der Waals surface area contributed by atoms with Gasteiger partial charge in [-0.25, -0.2) is 14.6 Å². The number of carbonyl (C=O) groups excluding carboxylic acids is 2. The molecule has 0 saturated carbocycles. The van der Waals surface area contributed by atoms with Gasteiger partial charge in [0.2, 0.25) is 5.60 Å². The number of carbonyl (C=O) groups is 4. The molecule has 7 N–H and O–H groups in total. The first-order valence-electron chi connectivity index (χ1n) is 18.0. The Bertz CT molecular complexity index is 2190. The zero-order chi connectivity index (χ0) is 41.4. The van der Waals surface area contributed by atoms with Crippen LogP contribution in [0.1, 0.15) is 79.0 Å². The van der Waals surface area contributed by atoms with Crippen LogP contribution in [0, 0.1) is 0 Å². The molecule has 2 amide bonds. The van der Waals surface area contributed by atoms with Crippen molar-refractivity contribution >= 4 is 68.6 Å². The highest BCUT2D eigenvalue weighted by atomic mass is 32.2. The van der Waals surface area contributed by atoms with E-state index in [9.17, 15) is 44.4 Å². The maximum absolute atomic E-state index is 13.9. The predicted molar refractivity (Wildman–Crippen MR) is 211 cm³/mol. The average Bonchev–Trinajstić information content (AvgIpc) is 3.54. The lowest BCUT2D eigenvalue weighted by atomic mass is 9.99. The lowest BCUT2D eigenvalue weighted by Crippen LogP contribution is -2.71. The van der Waals surface area contributed by atoms with Gasteiger partial charge in [-0.3, -0.25) is 24.2 Å². The number of amides is 2. The van der Waals surface area contributed by atoms with Gasteiger partial charge in [0, 0.05) is 52.5 Å². The maximum atomic E-state index is 13.9. The fourth-order valence-electron chi connectivity index (χ4n) is 6.42. The van der Waals surface area contributed by atoms with Crippen molar-refractivity contribution in [2.24, 2.45) is 5.16 Å². The number of aromatic nitrogens is 2. The van der Waals surface area contributed by atoms with Gasteiger partial charge in [-0.05, 0) is 66.1 Å². The minimum Gasteiger partial charge on any atom is -0.504 e. The Kier molecular flexibility index (Phi) is 12.1. The molecule has 0 aliphatic carbocycles. The SMILES string of the molecule is CCCCCN(CC1=C(C(=O)O)N2C(=O)[C@@H](NC(=O)/C(=N\OC(C)(C)C(=O)O)c3csc(N)n3)[C@H]2S[C@H]1C)Cc1cn(C(C)(C)C)c2cc(O)c(O)cc2c1=O. The molecular weight excluding hydrogens is 767 g/mol. The quantitative estimate of drug-likeness (QED) is 0.0422. The number of oxime groups is 1. The van der Waals surface area contributed by atoms with Gasteiger partial charge in [-0.2, -0.15) is 0 Å². The van der Waals surface area contributed by atoms with Crippen LogP contribution in [0.5, 0.6) is 11.5 Å². The molecule has 5 rings (SSSR count). The number of pyridine rings is 1. The summed E-state index contributed by atoms with van der Waals surface area (Å²) in [6.45, 7) is 12.9. The second-order valence-corrected chi connectivity index (χ2v) is 17.6. The molecule has 3 aromatic rings. The first-order chi connectivity index (χ1) is 26.2. The van der Waals surface area contributed by atoms with E-state index in [1.807, 2.05) is 37.2 Å². The van der Waals surface area contributed by atoms with Crippen molar-refractivity contribution in [2.75, 3.05) is 18.8 Å². The molecule has 0 bridgehead atoms. The number of thioether (sulfide) groups is 1. The fraction of sp³-hybridized carbons (Fsp3) is 0.486. The molecule has 56 heavy (non-hydrogen) atoms. The number of phenolic OH excluding ortho intramolecular Hbond substituents is 2. The number of carboxylic acid groups (broad SMARTS) is 2. The third-order valence-corrected chi connectivity index (χ3v) is 11.7. The van der Waals surface area contributed by atoms with Crippen LogP contribution in [-0.4, -0.2) is 105 Å². The summed E-state index contributed by atoms with van der Waals surface area (Å²) in [5, 5.41) is 47.5. The lowest BCUT2D eigenvalue weighted by molar-refractivity contribution is -0.161. The number of hydrogen-bond acceptors (Lipinski definition) is 14. The number of carboxylic acids is 2. The summed E-state index contributed by atoms with van der Waals surface area (Å²) < 4.78 is 1.86. The van der Waals surface area contributed by atoms with Crippen LogP contribution >= 0.6 is 23.1 Å². The second kappa shape index (κ2) is 16.1. The smallest absolute Gasteiger partial charge is 0.352 e. The van der Waals surface area contributed by atoms with Gasteiger partial charge in [-0.15, -0.1) is 23.1 Å². The molecule has 1 saturated heterocycles. The van der Waals surface area contributed by atoms with E-state index < -0.39 is 63.0 Å². The first-order valence-corrected chi connectivity index (χ1v) is 19.8.